The SMILES string of the molecule is CC1=NC(c2ccc(C)c(N)c2)NO1. The first kappa shape index (κ1) is 9.02. The van der Waals surface area contributed by atoms with Gasteiger partial charge < -0.3 is 10.6 Å². The third kappa shape index (κ3) is 1.56. The average Bonchev–Trinajstić information content (AvgIpc) is 2.57. The summed E-state index contributed by atoms with van der Waals surface area (Å²) in [6, 6.07) is 5.89. The number of nitrogens with two attached hydrogens (primary N) is 1. The van der Waals surface area contributed by atoms with Crippen molar-refractivity contribution in [3.05, 3.63) is 29.3 Å². The molecule has 14 heavy (non-hydrogen) atoms. The highest BCUT2D eigenvalue weighted by molar-refractivity contribution is 5.74. The van der Waals surface area contributed by atoms with Crippen LogP contribution in [0.25, 0.3) is 0 Å². The first-order chi connectivity index (χ1) is 6.66. The van der Waals surface area contributed by atoms with Crippen molar-refractivity contribution in [1.29, 1.82) is 0 Å². The molecular formula is C10H13N3O. The van der Waals surface area contributed by atoms with Gasteiger partial charge >= 0.3 is 0 Å². The summed E-state index contributed by atoms with van der Waals surface area (Å²) in [7, 11) is 0. The standard InChI is InChI=1S/C10H13N3O/c1-6-3-4-8(5-9(6)11)10-12-7(2)14-13-10/h3-5,10,13H,11H2,1-2H3. The van der Waals surface area contributed by atoms with Crippen molar-refractivity contribution < 1.29 is 4.84 Å². The summed E-state index contributed by atoms with van der Waals surface area (Å²) in [6.07, 6.45) is -0.127. The van der Waals surface area contributed by atoms with E-state index in [4.69, 9.17) is 10.6 Å². The summed E-state index contributed by atoms with van der Waals surface area (Å²) < 4.78 is 0. The lowest BCUT2D eigenvalue weighted by atomic mass is 10.1. The molecule has 2 rings (SSSR count). The number of anilines is 1. The van der Waals surface area contributed by atoms with Crippen LogP contribution in [0.4, 0.5) is 5.69 Å². The van der Waals surface area contributed by atoms with Gasteiger partial charge in [-0.15, -0.1) is 5.48 Å². The molecule has 0 saturated carbocycles. The quantitative estimate of drug-likeness (QED) is 0.662. The van der Waals surface area contributed by atoms with Crippen LogP contribution < -0.4 is 11.2 Å². The molecule has 4 nitrogen and oxygen atoms in total. The lowest BCUT2D eigenvalue weighted by Gasteiger charge is -2.08. The van der Waals surface area contributed by atoms with Crippen LogP contribution in [0.2, 0.25) is 0 Å². The maximum absolute atomic E-state index is 5.81. The maximum Gasteiger partial charge on any atom is 0.208 e. The molecule has 1 heterocycles. The van der Waals surface area contributed by atoms with Crippen molar-refractivity contribution in [2.75, 3.05) is 5.73 Å². The molecule has 0 saturated heterocycles. The second-order valence-electron chi connectivity index (χ2n) is 3.39. The zero-order valence-electron chi connectivity index (χ0n) is 8.24. The van der Waals surface area contributed by atoms with E-state index in [2.05, 4.69) is 10.5 Å². The number of benzene rings is 1. The number of hydroxylamine groups is 1. The van der Waals surface area contributed by atoms with Gasteiger partial charge in [-0.1, -0.05) is 12.1 Å². The normalized spacial score (nSPS) is 20.4. The lowest BCUT2D eigenvalue weighted by molar-refractivity contribution is 0.178. The number of aryl methyl sites for hydroxylation is 1. The van der Waals surface area contributed by atoms with Crippen LogP contribution in [0, 0.1) is 6.92 Å². The van der Waals surface area contributed by atoms with Crippen molar-refractivity contribution in [1.82, 2.24) is 5.48 Å². The molecule has 0 aromatic heterocycles. The summed E-state index contributed by atoms with van der Waals surface area (Å²) in [5, 5.41) is 0. The molecule has 0 fully saturated rings. The first-order valence-corrected chi connectivity index (χ1v) is 4.49. The number of rotatable bonds is 1. The highest BCUT2D eigenvalue weighted by Crippen LogP contribution is 2.22. The Kier molecular flexibility index (Phi) is 2.13. The maximum atomic E-state index is 5.81. The molecule has 1 atom stereocenters. The van der Waals surface area contributed by atoms with E-state index >= 15 is 0 Å². The summed E-state index contributed by atoms with van der Waals surface area (Å²) in [4.78, 5) is 9.31. The molecule has 1 aromatic carbocycles. The zero-order valence-corrected chi connectivity index (χ0v) is 8.24. The van der Waals surface area contributed by atoms with Crippen LogP contribution in [0.1, 0.15) is 24.2 Å². The number of hydrogen-bond donors (Lipinski definition) is 2. The summed E-state index contributed by atoms with van der Waals surface area (Å²) >= 11 is 0. The van der Waals surface area contributed by atoms with E-state index in [-0.39, 0.29) is 6.17 Å². The van der Waals surface area contributed by atoms with E-state index in [1.54, 1.807) is 0 Å². The fourth-order valence-corrected chi connectivity index (χ4v) is 1.35. The molecule has 0 radical (unpaired) electrons. The summed E-state index contributed by atoms with van der Waals surface area (Å²) in [6.45, 7) is 3.79. The molecule has 74 valence electrons. The minimum atomic E-state index is -0.127. The predicted molar refractivity (Wildman–Crippen MR) is 55.7 cm³/mol. The molecule has 0 spiro atoms. The van der Waals surface area contributed by atoms with E-state index < -0.39 is 0 Å². The topological polar surface area (TPSA) is 59.6 Å². The Morgan fingerprint density at radius 3 is 2.79 bits per heavy atom. The second-order valence-corrected chi connectivity index (χ2v) is 3.39. The van der Waals surface area contributed by atoms with Crippen molar-refractivity contribution in [3.8, 4) is 0 Å². The number of hydrogen-bond acceptors (Lipinski definition) is 4. The number of nitrogen functional groups attached to an aromatic ring is 1. The number of aliphatic imine (C=N–C) groups is 1. The molecule has 4 heteroatoms. The van der Waals surface area contributed by atoms with Crippen LogP contribution >= 0.6 is 0 Å². The summed E-state index contributed by atoms with van der Waals surface area (Å²) in [5.74, 6) is 0.647. The van der Waals surface area contributed by atoms with Gasteiger partial charge in [-0.3, -0.25) is 0 Å². The van der Waals surface area contributed by atoms with Gasteiger partial charge in [0.25, 0.3) is 0 Å². The van der Waals surface area contributed by atoms with Crippen LogP contribution in [0.5, 0.6) is 0 Å². The van der Waals surface area contributed by atoms with Crippen LogP contribution in [-0.4, -0.2) is 5.90 Å². The van der Waals surface area contributed by atoms with E-state index in [1.807, 2.05) is 32.0 Å². The Morgan fingerprint density at radius 2 is 2.21 bits per heavy atom. The largest absolute Gasteiger partial charge is 0.399 e. The van der Waals surface area contributed by atoms with Gasteiger partial charge in [-0.2, -0.15) is 0 Å². The summed E-state index contributed by atoms with van der Waals surface area (Å²) in [5.41, 5.74) is 11.5. The Morgan fingerprint density at radius 1 is 1.43 bits per heavy atom. The molecule has 3 N–H and O–H groups in total. The van der Waals surface area contributed by atoms with E-state index in [0.717, 1.165) is 16.8 Å². The average molecular weight is 191 g/mol. The molecular weight excluding hydrogens is 178 g/mol. The van der Waals surface area contributed by atoms with Crippen LogP contribution in [0.3, 0.4) is 0 Å². The van der Waals surface area contributed by atoms with Crippen molar-refractivity contribution >= 4 is 11.6 Å². The molecule has 0 amide bonds. The third-order valence-corrected chi connectivity index (χ3v) is 2.25. The Bertz CT molecular complexity index is 387. The second kappa shape index (κ2) is 3.31. The van der Waals surface area contributed by atoms with Gasteiger partial charge in [-0.25, -0.2) is 4.99 Å². The molecule has 1 unspecified atom stereocenters. The highest BCUT2D eigenvalue weighted by atomic mass is 16.7. The van der Waals surface area contributed by atoms with Crippen molar-refractivity contribution in [2.24, 2.45) is 4.99 Å². The molecule has 1 aliphatic heterocycles. The van der Waals surface area contributed by atoms with Gasteiger partial charge in [0.2, 0.25) is 5.90 Å². The minimum Gasteiger partial charge on any atom is -0.399 e. The predicted octanol–water partition coefficient (Wildman–Crippen LogP) is 1.53. The van der Waals surface area contributed by atoms with E-state index in [0.29, 0.717) is 5.90 Å². The fraction of sp³-hybridized carbons (Fsp3) is 0.300. The molecule has 1 aliphatic rings. The zero-order chi connectivity index (χ0) is 10.1. The lowest BCUT2D eigenvalue weighted by Crippen LogP contribution is -2.13. The van der Waals surface area contributed by atoms with Crippen LogP contribution in [-0.2, 0) is 4.84 Å². The molecule has 1 aromatic rings. The molecule has 0 aliphatic carbocycles. The molecule has 0 bridgehead atoms. The smallest absolute Gasteiger partial charge is 0.208 e. The Hall–Kier alpha value is -1.55. The number of nitrogens with one attached hydrogen (secondary N) is 1. The Balaban J connectivity index is 2.29. The van der Waals surface area contributed by atoms with E-state index in [9.17, 15) is 0 Å². The van der Waals surface area contributed by atoms with E-state index in [1.165, 1.54) is 0 Å². The van der Waals surface area contributed by atoms with Crippen LogP contribution in [0.15, 0.2) is 23.2 Å². The van der Waals surface area contributed by atoms with Gasteiger partial charge in [0.15, 0.2) is 6.17 Å². The monoisotopic (exact) mass is 191 g/mol. The first-order valence-electron chi connectivity index (χ1n) is 4.49. The minimum absolute atomic E-state index is 0.127. The highest BCUT2D eigenvalue weighted by Gasteiger charge is 2.17. The fourth-order valence-electron chi connectivity index (χ4n) is 1.35. The van der Waals surface area contributed by atoms with Crippen molar-refractivity contribution in [2.45, 2.75) is 20.0 Å². The van der Waals surface area contributed by atoms with Gasteiger partial charge in [-0.05, 0) is 24.1 Å². The van der Waals surface area contributed by atoms with Gasteiger partial charge in [0.1, 0.15) is 0 Å². The van der Waals surface area contributed by atoms with Crippen molar-refractivity contribution in [3.63, 3.8) is 0 Å². The van der Waals surface area contributed by atoms with Gasteiger partial charge in [0.05, 0.1) is 0 Å². The number of nitrogens with zero attached hydrogens (tertiary/aromatic N) is 1. The Labute approximate surface area is 82.7 Å². The third-order valence-electron chi connectivity index (χ3n) is 2.25. The van der Waals surface area contributed by atoms with Gasteiger partial charge in [0, 0.05) is 12.6 Å².